The lowest BCUT2D eigenvalue weighted by atomic mass is 9.91. The van der Waals surface area contributed by atoms with Crippen LogP contribution in [0.5, 0.6) is 0 Å². The molecule has 0 aromatic carbocycles. The van der Waals surface area contributed by atoms with Crippen molar-refractivity contribution in [2.75, 3.05) is 0 Å². The van der Waals surface area contributed by atoms with Gasteiger partial charge in [-0.25, -0.2) is 4.98 Å². The fourth-order valence-corrected chi connectivity index (χ4v) is 2.28. The first-order valence-electron chi connectivity index (χ1n) is 5.71. The van der Waals surface area contributed by atoms with E-state index in [1.807, 2.05) is 0 Å². The molecule has 88 valence electrons. The Morgan fingerprint density at radius 2 is 2.06 bits per heavy atom. The Morgan fingerprint density at radius 1 is 1.31 bits per heavy atom. The molecule has 1 aliphatic carbocycles. The Labute approximate surface area is 101 Å². The van der Waals surface area contributed by atoms with Crippen LogP contribution in [0.4, 0.5) is 0 Å². The average molecular weight is 241 g/mol. The highest BCUT2D eigenvalue weighted by molar-refractivity contribution is 6.29. The first-order chi connectivity index (χ1) is 7.77. The molecule has 3 N–H and O–H groups in total. The molecule has 0 bridgehead atoms. The third-order valence-corrected chi connectivity index (χ3v) is 3.39. The van der Waals surface area contributed by atoms with E-state index in [0.29, 0.717) is 17.7 Å². The Morgan fingerprint density at radius 3 is 2.81 bits per heavy atom. The molecular weight excluding hydrogens is 224 g/mol. The van der Waals surface area contributed by atoms with E-state index in [1.165, 1.54) is 12.8 Å². The monoisotopic (exact) mass is 240 g/mol. The molecule has 2 rings (SSSR count). The van der Waals surface area contributed by atoms with Gasteiger partial charge in [0.1, 0.15) is 0 Å². The molecule has 0 aliphatic heterocycles. The van der Waals surface area contributed by atoms with Gasteiger partial charge in [-0.3, -0.25) is 4.98 Å². The van der Waals surface area contributed by atoms with Gasteiger partial charge >= 0.3 is 0 Å². The molecule has 16 heavy (non-hydrogen) atoms. The van der Waals surface area contributed by atoms with Gasteiger partial charge in [0.25, 0.3) is 0 Å². The third-order valence-electron chi connectivity index (χ3n) is 3.07. The summed E-state index contributed by atoms with van der Waals surface area (Å²) in [5, 5.41) is 3.89. The highest BCUT2D eigenvalue weighted by Crippen LogP contribution is 2.17. The maximum Gasteiger partial charge on any atom is 0.151 e. The predicted octanol–water partition coefficient (Wildman–Crippen LogP) is 1.49. The second kappa shape index (κ2) is 5.57. The van der Waals surface area contributed by atoms with Crippen LogP contribution >= 0.6 is 11.6 Å². The van der Waals surface area contributed by atoms with Crippen LogP contribution in [-0.2, 0) is 6.54 Å². The van der Waals surface area contributed by atoms with Crippen LogP contribution in [-0.4, -0.2) is 22.1 Å². The van der Waals surface area contributed by atoms with E-state index in [0.717, 1.165) is 18.5 Å². The topological polar surface area (TPSA) is 63.8 Å². The van der Waals surface area contributed by atoms with Crippen molar-refractivity contribution in [1.82, 2.24) is 15.3 Å². The summed E-state index contributed by atoms with van der Waals surface area (Å²) in [7, 11) is 0. The highest BCUT2D eigenvalue weighted by Gasteiger charge is 2.21. The molecule has 0 unspecified atom stereocenters. The van der Waals surface area contributed by atoms with Crippen molar-refractivity contribution in [3.63, 3.8) is 0 Å². The number of rotatable bonds is 3. The number of aromatic nitrogens is 2. The maximum atomic E-state index is 6.05. The van der Waals surface area contributed by atoms with E-state index in [4.69, 9.17) is 17.3 Å². The summed E-state index contributed by atoms with van der Waals surface area (Å²) in [6.45, 7) is 0.644. The molecule has 1 aliphatic rings. The zero-order valence-corrected chi connectivity index (χ0v) is 9.95. The van der Waals surface area contributed by atoms with E-state index in [2.05, 4.69) is 15.3 Å². The lowest BCUT2D eigenvalue weighted by Gasteiger charge is -2.29. The number of nitrogens with one attached hydrogen (secondary N) is 1. The Kier molecular flexibility index (Phi) is 4.09. The van der Waals surface area contributed by atoms with Gasteiger partial charge in [-0.15, -0.1) is 0 Å². The van der Waals surface area contributed by atoms with Crippen LogP contribution in [0.3, 0.4) is 0 Å². The fraction of sp³-hybridized carbons (Fsp3) is 0.636. The van der Waals surface area contributed by atoms with Crippen molar-refractivity contribution >= 4 is 11.6 Å². The summed E-state index contributed by atoms with van der Waals surface area (Å²) in [6.07, 6.45) is 7.98. The van der Waals surface area contributed by atoms with E-state index in [9.17, 15) is 0 Å². The fourth-order valence-electron chi connectivity index (χ4n) is 2.11. The zero-order valence-electron chi connectivity index (χ0n) is 9.19. The highest BCUT2D eigenvalue weighted by atomic mass is 35.5. The minimum Gasteiger partial charge on any atom is -0.326 e. The van der Waals surface area contributed by atoms with Crippen molar-refractivity contribution in [3.8, 4) is 0 Å². The number of hydrogen-bond donors (Lipinski definition) is 2. The lowest BCUT2D eigenvalue weighted by Crippen LogP contribution is -2.46. The molecule has 1 saturated carbocycles. The minimum atomic E-state index is 0.254. The van der Waals surface area contributed by atoms with Gasteiger partial charge in [0.15, 0.2) is 5.15 Å². The van der Waals surface area contributed by atoms with E-state index in [-0.39, 0.29) is 6.04 Å². The van der Waals surface area contributed by atoms with Crippen LogP contribution in [0.2, 0.25) is 5.15 Å². The molecule has 5 heteroatoms. The van der Waals surface area contributed by atoms with E-state index in [1.54, 1.807) is 12.4 Å². The van der Waals surface area contributed by atoms with Crippen molar-refractivity contribution < 1.29 is 0 Å². The second-order valence-corrected chi connectivity index (χ2v) is 4.59. The summed E-state index contributed by atoms with van der Waals surface area (Å²) in [5.74, 6) is 0. The molecule has 0 amide bonds. The summed E-state index contributed by atoms with van der Waals surface area (Å²) in [4.78, 5) is 8.18. The van der Waals surface area contributed by atoms with Gasteiger partial charge in [-0.05, 0) is 12.8 Å². The molecule has 1 aromatic rings. The SMILES string of the molecule is N[C@@H]1CCCC[C@@H]1NCc1nccnc1Cl. The number of nitrogens with two attached hydrogens (primary N) is 1. The Bertz CT molecular complexity index is 345. The standard InChI is InChI=1S/C11H17ClN4/c12-11-10(14-5-6-15-11)7-16-9-4-2-1-3-8(9)13/h5-6,8-9,16H,1-4,7,13H2/t8-,9+/m1/s1. The van der Waals surface area contributed by atoms with Gasteiger partial charge in [0.2, 0.25) is 0 Å². The molecule has 2 atom stereocenters. The number of halogens is 1. The third kappa shape index (κ3) is 2.90. The van der Waals surface area contributed by atoms with Crippen molar-refractivity contribution in [2.45, 2.75) is 44.3 Å². The van der Waals surface area contributed by atoms with E-state index >= 15 is 0 Å². The maximum absolute atomic E-state index is 6.05. The molecular formula is C11H17ClN4. The van der Waals surface area contributed by atoms with E-state index < -0.39 is 0 Å². The van der Waals surface area contributed by atoms with Crippen molar-refractivity contribution in [1.29, 1.82) is 0 Å². The summed E-state index contributed by atoms with van der Waals surface area (Å²) in [5.41, 5.74) is 6.84. The predicted molar refractivity (Wildman–Crippen MR) is 64.1 cm³/mol. The van der Waals surface area contributed by atoms with Crippen molar-refractivity contribution in [2.24, 2.45) is 5.73 Å². The normalized spacial score (nSPS) is 25.6. The van der Waals surface area contributed by atoms with Crippen molar-refractivity contribution in [3.05, 3.63) is 23.2 Å². The Balaban J connectivity index is 1.89. The molecule has 0 saturated heterocycles. The van der Waals surface area contributed by atoms with Gasteiger partial charge in [-0.1, -0.05) is 24.4 Å². The van der Waals surface area contributed by atoms with Crippen LogP contribution in [0, 0.1) is 0 Å². The van der Waals surface area contributed by atoms with Crippen LogP contribution in [0.15, 0.2) is 12.4 Å². The first kappa shape index (κ1) is 11.8. The zero-order chi connectivity index (χ0) is 11.4. The van der Waals surface area contributed by atoms with Gasteiger partial charge in [0, 0.05) is 31.0 Å². The molecule has 1 aromatic heterocycles. The second-order valence-electron chi connectivity index (χ2n) is 4.23. The van der Waals surface area contributed by atoms with Crippen LogP contribution < -0.4 is 11.1 Å². The van der Waals surface area contributed by atoms with Gasteiger partial charge in [0.05, 0.1) is 5.69 Å². The Hall–Kier alpha value is -0.710. The lowest BCUT2D eigenvalue weighted by molar-refractivity contribution is 0.325. The number of hydrogen-bond acceptors (Lipinski definition) is 4. The van der Waals surface area contributed by atoms with Gasteiger partial charge in [-0.2, -0.15) is 0 Å². The summed E-state index contributed by atoms with van der Waals surface area (Å²) in [6, 6.07) is 0.635. The smallest absolute Gasteiger partial charge is 0.151 e. The van der Waals surface area contributed by atoms with Crippen LogP contribution in [0.1, 0.15) is 31.4 Å². The molecule has 0 spiro atoms. The molecule has 1 fully saturated rings. The summed E-state index contributed by atoms with van der Waals surface area (Å²) >= 11 is 5.93. The minimum absolute atomic E-state index is 0.254. The average Bonchev–Trinajstić information content (AvgIpc) is 2.30. The quantitative estimate of drug-likeness (QED) is 0.840. The molecule has 4 nitrogen and oxygen atoms in total. The van der Waals surface area contributed by atoms with Crippen LogP contribution in [0.25, 0.3) is 0 Å². The van der Waals surface area contributed by atoms with Gasteiger partial charge < -0.3 is 11.1 Å². The summed E-state index contributed by atoms with van der Waals surface area (Å²) < 4.78 is 0. The molecule has 0 radical (unpaired) electrons. The molecule has 1 heterocycles. The largest absolute Gasteiger partial charge is 0.326 e. The number of nitrogens with zero attached hydrogens (tertiary/aromatic N) is 2. The first-order valence-corrected chi connectivity index (χ1v) is 6.09.